The van der Waals surface area contributed by atoms with Crippen LogP contribution in [-0.4, -0.2) is 30.1 Å². The van der Waals surface area contributed by atoms with Gasteiger partial charge in [0.25, 0.3) is 0 Å². The zero-order valence-electron chi connectivity index (χ0n) is 4.37. The molecule has 5 heteroatoms. The van der Waals surface area contributed by atoms with Gasteiger partial charge in [0, 0.05) is 0 Å². The SMILES string of the molecule is O=C1C=CC(=O)[O][Ga][O]1. The fraction of sp³-hybridized carbons (Fsp3) is 0. The molecule has 0 atom stereocenters. The van der Waals surface area contributed by atoms with Gasteiger partial charge in [-0.1, -0.05) is 0 Å². The van der Waals surface area contributed by atoms with Gasteiger partial charge in [0.15, 0.2) is 0 Å². The maximum absolute atomic E-state index is 10.3. The number of rotatable bonds is 0. The number of carbonyl (C=O) groups excluding carboxylic acids is 2. The van der Waals surface area contributed by atoms with Crippen molar-refractivity contribution in [1.29, 1.82) is 0 Å². The Morgan fingerprint density at radius 2 is 1.56 bits per heavy atom. The van der Waals surface area contributed by atoms with E-state index in [0.29, 0.717) is 0 Å². The van der Waals surface area contributed by atoms with Crippen molar-refractivity contribution in [2.75, 3.05) is 0 Å². The standard InChI is InChI=1S/C4H4O4.Ga/c5-3(6)1-2-4(7)8;/h1-2H,(H,5,6)(H,7,8);/q;+2/p-2. The molecule has 0 bridgehead atoms. The van der Waals surface area contributed by atoms with Gasteiger partial charge in [0.2, 0.25) is 0 Å². The molecule has 9 heavy (non-hydrogen) atoms. The van der Waals surface area contributed by atoms with Crippen LogP contribution in [0, 0.1) is 0 Å². The average molecular weight is 184 g/mol. The third-order valence-corrected chi connectivity index (χ3v) is 2.06. The first-order chi connectivity index (χ1) is 4.29. The Balaban J connectivity index is 2.63. The molecule has 0 spiro atoms. The van der Waals surface area contributed by atoms with E-state index >= 15 is 0 Å². The Hall–Kier alpha value is -0.684. The molecule has 1 radical (unpaired) electrons. The molecule has 0 aromatic rings. The molecule has 0 aromatic heterocycles. The third kappa shape index (κ3) is 1.94. The molecule has 4 nitrogen and oxygen atoms in total. The van der Waals surface area contributed by atoms with Crippen LogP contribution in [0.2, 0.25) is 0 Å². The van der Waals surface area contributed by atoms with Crippen molar-refractivity contribution in [3.63, 3.8) is 0 Å². The molecule has 45 valence electrons. The van der Waals surface area contributed by atoms with E-state index in [1.807, 2.05) is 0 Å². The second-order valence-corrected chi connectivity index (χ2v) is 2.70. The van der Waals surface area contributed by atoms with Gasteiger partial charge in [0.05, 0.1) is 0 Å². The minimum absolute atomic E-state index is 0.485. The van der Waals surface area contributed by atoms with Crippen molar-refractivity contribution in [2.24, 2.45) is 0 Å². The van der Waals surface area contributed by atoms with Crippen LogP contribution in [0.1, 0.15) is 0 Å². The summed E-state index contributed by atoms with van der Waals surface area (Å²) in [6.45, 7) is 0. The molecule has 1 rings (SSSR count). The average Bonchev–Trinajstić information content (AvgIpc) is 1.97. The maximum atomic E-state index is 10.3. The summed E-state index contributed by atoms with van der Waals surface area (Å²) in [6, 6.07) is 0. The van der Waals surface area contributed by atoms with Gasteiger partial charge in [-0.2, -0.15) is 0 Å². The number of carbonyl (C=O) groups is 2. The van der Waals surface area contributed by atoms with E-state index in [-0.39, 0.29) is 0 Å². The molecule has 0 aromatic carbocycles. The zero-order valence-corrected chi connectivity index (χ0v) is 6.79. The van der Waals surface area contributed by atoms with Crippen LogP contribution in [0.25, 0.3) is 0 Å². The quantitative estimate of drug-likeness (QED) is 0.461. The van der Waals surface area contributed by atoms with Gasteiger partial charge in [0.1, 0.15) is 0 Å². The molecule has 0 unspecified atom stereocenters. The summed E-state index contributed by atoms with van der Waals surface area (Å²) >= 11 is -1.52. The van der Waals surface area contributed by atoms with E-state index in [9.17, 15) is 9.59 Å². The van der Waals surface area contributed by atoms with Crippen LogP contribution >= 0.6 is 0 Å². The molecule has 0 aliphatic carbocycles. The topological polar surface area (TPSA) is 52.6 Å². The number of hydrogen-bond acceptors (Lipinski definition) is 4. The van der Waals surface area contributed by atoms with E-state index in [4.69, 9.17) is 0 Å². The first-order valence-corrected chi connectivity index (χ1v) is 4.18. The van der Waals surface area contributed by atoms with Crippen LogP contribution in [0.5, 0.6) is 0 Å². The third-order valence-electron chi connectivity index (χ3n) is 0.684. The molecule has 0 fully saturated rings. The van der Waals surface area contributed by atoms with Gasteiger partial charge in [-0.3, -0.25) is 0 Å². The second-order valence-electron chi connectivity index (χ2n) is 1.30. The fourth-order valence-electron chi connectivity index (χ4n) is 0.334. The zero-order chi connectivity index (χ0) is 6.69. The summed E-state index contributed by atoms with van der Waals surface area (Å²) in [6.07, 6.45) is 2.12. The van der Waals surface area contributed by atoms with E-state index in [2.05, 4.69) is 7.06 Å². The van der Waals surface area contributed by atoms with Crippen LogP contribution in [-0.2, 0) is 16.6 Å². The summed E-state index contributed by atoms with van der Waals surface area (Å²) in [5.74, 6) is -0.971. The van der Waals surface area contributed by atoms with Crippen molar-refractivity contribution in [1.82, 2.24) is 0 Å². The number of hydrogen-bond donors (Lipinski definition) is 0. The van der Waals surface area contributed by atoms with Crippen molar-refractivity contribution in [3.8, 4) is 0 Å². The first kappa shape index (κ1) is 6.44. The molecule has 1 aliphatic rings. The van der Waals surface area contributed by atoms with E-state index < -0.39 is 30.1 Å². The Morgan fingerprint density at radius 3 is 2.00 bits per heavy atom. The van der Waals surface area contributed by atoms with Crippen molar-refractivity contribution in [3.05, 3.63) is 12.2 Å². The van der Waals surface area contributed by atoms with Gasteiger partial charge in [-0.05, 0) is 0 Å². The summed E-state index contributed by atoms with van der Waals surface area (Å²) < 4.78 is 8.92. The van der Waals surface area contributed by atoms with E-state index in [1.54, 1.807) is 0 Å². The second kappa shape index (κ2) is 2.74. The normalized spacial score (nSPS) is 17.3. The van der Waals surface area contributed by atoms with Crippen LogP contribution < -0.4 is 0 Å². The van der Waals surface area contributed by atoms with Crippen molar-refractivity contribution < 1.29 is 16.6 Å². The summed E-state index contributed by atoms with van der Waals surface area (Å²) in [5.41, 5.74) is 0. The predicted octanol–water partition coefficient (Wildman–Crippen LogP) is -0.823. The Bertz CT molecular complexity index is 155. The van der Waals surface area contributed by atoms with Gasteiger partial charge in [-0.25, -0.2) is 0 Å². The Kier molecular flexibility index (Phi) is 1.96. The predicted molar refractivity (Wildman–Crippen MR) is 27.1 cm³/mol. The summed E-state index contributed by atoms with van der Waals surface area (Å²) in [4.78, 5) is 20.7. The fourth-order valence-corrected chi connectivity index (χ4v) is 1.16. The van der Waals surface area contributed by atoms with Crippen LogP contribution in [0.4, 0.5) is 0 Å². The molecule has 0 saturated heterocycles. The molecular formula is C4H2GaO4. The van der Waals surface area contributed by atoms with Crippen molar-refractivity contribution >= 4 is 30.1 Å². The molecular weight excluding hydrogens is 182 g/mol. The monoisotopic (exact) mass is 183 g/mol. The molecule has 1 heterocycles. The van der Waals surface area contributed by atoms with Crippen LogP contribution in [0.15, 0.2) is 12.2 Å². The van der Waals surface area contributed by atoms with Gasteiger partial charge >= 0.3 is 58.9 Å². The Morgan fingerprint density at radius 1 is 1.11 bits per heavy atom. The summed E-state index contributed by atoms with van der Waals surface area (Å²) in [7, 11) is 0. The van der Waals surface area contributed by atoms with E-state index in [0.717, 1.165) is 12.2 Å². The van der Waals surface area contributed by atoms with Crippen LogP contribution in [0.3, 0.4) is 0 Å². The molecule has 0 saturated carbocycles. The molecule has 0 N–H and O–H groups in total. The van der Waals surface area contributed by atoms with Gasteiger partial charge in [-0.15, -0.1) is 0 Å². The summed E-state index contributed by atoms with van der Waals surface area (Å²) in [5, 5.41) is 0. The minimum atomic E-state index is -1.52. The van der Waals surface area contributed by atoms with Gasteiger partial charge < -0.3 is 0 Å². The van der Waals surface area contributed by atoms with E-state index in [1.165, 1.54) is 0 Å². The molecule has 1 aliphatic heterocycles. The Labute approximate surface area is 59.4 Å². The first-order valence-electron chi connectivity index (χ1n) is 2.20. The van der Waals surface area contributed by atoms with Crippen molar-refractivity contribution in [2.45, 2.75) is 0 Å². The molecule has 0 amide bonds.